The Morgan fingerprint density at radius 1 is 0.854 bits per heavy atom. The Kier molecular flexibility index (Phi) is 14.9. The molecule has 0 radical (unpaired) electrons. The molecule has 1 saturated heterocycles. The van der Waals surface area contributed by atoms with E-state index in [1.807, 2.05) is 0 Å². The molecular weight excluding hydrogens is 526 g/mol. The Labute approximate surface area is 254 Å². The molecule has 1 heterocycles. The van der Waals surface area contributed by atoms with Crippen molar-refractivity contribution in [1.29, 1.82) is 0 Å². The Hall–Kier alpha value is -2.21. The number of unbranched alkanes of at least 4 members (excludes halogenated alkanes) is 13. The van der Waals surface area contributed by atoms with Crippen LogP contribution >= 0.6 is 11.8 Å². The van der Waals surface area contributed by atoms with Crippen molar-refractivity contribution in [3.63, 3.8) is 0 Å². The van der Waals surface area contributed by atoms with Crippen LogP contribution in [0.5, 0.6) is 0 Å². The summed E-state index contributed by atoms with van der Waals surface area (Å²) < 4.78 is 0. The molecule has 0 spiro atoms. The van der Waals surface area contributed by atoms with Gasteiger partial charge in [0.25, 0.3) is 0 Å². The zero-order valence-corrected chi connectivity index (χ0v) is 26.9. The molecule has 1 aliphatic heterocycles. The molecule has 1 fully saturated rings. The molecule has 0 aromatic heterocycles. The fourth-order valence-corrected chi connectivity index (χ4v) is 7.57. The minimum absolute atomic E-state index is 0.0341. The first-order chi connectivity index (χ1) is 19.9. The van der Waals surface area contributed by atoms with Crippen molar-refractivity contribution in [2.75, 3.05) is 24.7 Å². The van der Waals surface area contributed by atoms with Gasteiger partial charge in [0.05, 0.1) is 5.75 Å². The van der Waals surface area contributed by atoms with Crippen molar-refractivity contribution in [1.82, 2.24) is 4.90 Å². The van der Waals surface area contributed by atoms with E-state index in [9.17, 15) is 9.59 Å². The van der Waals surface area contributed by atoms with Gasteiger partial charge in [0.1, 0.15) is 5.37 Å². The summed E-state index contributed by atoms with van der Waals surface area (Å²) in [6.45, 7) is 2.28. The van der Waals surface area contributed by atoms with Gasteiger partial charge < -0.3 is 15.5 Å². The van der Waals surface area contributed by atoms with Gasteiger partial charge in [0, 0.05) is 37.6 Å². The van der Waals surface area contributed by atoms with Gasteiger partial charge in [-0.15, -0.1) is 11.8 Å². The maximum absolute atomic E-state index is 13.3. The van der Waals surface area contributed by atoms with Crippen LogP contribution in [0.25, 0.3) is 10.8 Å². The molecule has 2 N–H and O–H groups in total. The van der Waals surface area contributed by atoms with Gasteiger partial charge in [-0.05, 0) is 29.9 Å². The molecule has 2 atom stereocenters. The average molecular weight is 582 g/mol. The quantitative estimate of drug-likeness (QED) is 0.149. The second-order valence-electron chi connectivity index (χ2n) is 12.1. The van der Waals surface area contributed by atoms with Crippen molar-refractivity contribution in [3.8, 4) is 0 Å². The van der Waals surface area contributed by atoms with Gasteiger partial charge >= 0.3 is 0 Å². The summed E-state index contributed by atoms with van der Waals surface area (Å²) in [5.74, 6) is 0.383. The molecule has 5 nitrogen and oxygen atoms in total. The first-order valence-electron chi connectivity index (χ1n) is 16.3. The molecule has 2 amide bonds. The van der Waals surface area contributed by atoms with Gasteiger partial charge in [0.15, 0.2) is 0 Å². The number of benzene rings is 2. The molecule has 2 unspecified atom stereocenters. The van der Waals surface area contributed by atoms with Crippen LogP contribution in [0.1, 0.15) is 127 Å². The maximum atomic E-state index is 13.3. The number of fused-ring (bicyclic) bond motifs is 1. The number of carbonyl (C=O) groups excluding carboxylic acids is 2. The molecule has 0 aliphatic carbocycles. The lowest BCUT2D eigenvalue weighted by Crippen LogP contribution is -2.39. The van der Waals surface area contributed by atoms with E-state index in [-0.39, 0.29) is 23.2 Å². The average Bonchev–Trinajstić information content (AvgIpc) is 3.34. The Bertz CT molecular complexity index is 1070. The van der Waals surface area contributed by atoms with Gasteiger partial charge in [-0.25, -0.2) is 0 Å². The molecule has 41 heavy (non-hydrogen) atoms. The number of hydrogen-bond acceptors (Lipinski definition) is 4. The van der Waals surface area contributed by atoms with Crippen molar-refractivity contribution < 1.29 is 9.59 Å². The third kappa shape index (κ3) is 10.5. The Morgan fingerprint density at radius 2 is 1.41 bits per heavy atom. The van der Waals surface area contributed by atoms with Crippen LogP contribution in [0.4, 0.5) is 5.69 Å². The largest absolute Gasteiger partial charge is 0.377 e. The molecule has 2 aromatic rings. The van der Waals surface area contributed by atoms with E-state index >= 15 is 0 Å². The Morgan fingerprint density at radius 3 is 1.98 bits per heavy atom. The second kappa shape index (κ2) is 18.4. The number of thioether (sulfide) groups is 1. The summed E-state index contributed by atoms with van der Waals surface area (Å²) in [5, 5.41) is 2.37. The highest BCUT2D eigenvalue weighted by Crippen LogP contribution is 2.45. The molecule has 1 aliphatic rings. The zero-order chi connectivity index (χ0) is 29.5. The summed E-state index contributed by atoms with van der Waals surface area (Å²) in [7, 11) is 4.13. The van der Waals surface area contributed by atoms with Crippen LogP contribution in [0, 0.1) is 0 Å². The van der Waals surface area contributed by atoms with Crippen LogP contribution in [0.15, 0.2) is 36.4 Å². The number of hydrogen-bond donors (Lipinski definition) is 1. The third-order valence-electron chi connectivity index (χ3n) is 8.60. The maximum Gasteiger partial charge on any atom is 0.234 e. The fourth-order valence-electron chi connectivity index (χ4n) is 6.29. The number of nitrogens with zero attached hydrogens (tertiary/aromatic N) is 2. The normalized spacial score (nSPS) is 16.0. The van der Waals surface area contributed by atoms with Crippen LogP contribution in [0.3, 0.4) is 0 Å². The SMILES string of the molecule is CCCCCCCCCCCCCCCCC(CCC(N)=O)N1C(=O)CSC1c1ccc(N(C)C)c2ccccc12. The first-order valence-corrected chi connectivity index (χ1v) is 17.4. The van der Waals surface area contributed by atoms with E-state index in [0.29, 0.717) is 18.6 Å². The molecule has 2 aromatic carbocycles. The van der Waals surface area contributed by atoms with Crippen molar-refractivity contribution in [2.24, 2.45) is 5.73 Å². The van der Waals surface area contributed by atoms with Crippen molar-refractivity contribution >= 4 is 40.0 Å². The zero-order valence-electron chi connectivity index (χ0n) is 26.0. The summed E-state index contributed by atoms with van der Waals surface area (Å²) in [5.41, 5.74) is 7.93. The minimum atomic E-state index is -0.285. The van der Waals surface area contributed by atoms with E-state index in [1.165, 1.54) is 105 Å². The third-order valence-corrected chi connectivity index (χ3v) is 9.81. The monoisotopic (exact) mass is 581 g/mol. The second-order valence-corrected chi connectivity index (χ2v) is 13.2. The number of amides is 2. The van der Waals surface area contributed by atoms with Crippen LogP contribution < -0.4 is 10.6 Å². The number of primary amides is 1. The molecule has 6 heteroatoms. The summed E-state index contributed by atoms with van der Waals surface area (Å²) in [6, 6.07) is 12.9. The standard InChI is InChI=1S/C35H55N3O2S/c1-4-5-6-7-8-9-10-11-12-13-14-15-16-17-20-28(23-26-33(36)39)38-34(40)27-41-35(38)31-24-25-32(37(2)3)30-22-19-18-21-29(30)31/h18-19,21-22,24-25,28,35H,4-17,20,23,26-27H2,1-3H3,(H2,36,39). The van der Waals surface area contributed by atoms with E-state index in [4.69, 9.17) is 5.73 Å². The minimum Gasteiger partial charge on any atom is -0.377 e. The number of anilines is 1. The lowest BCUT2D eigenvalue weighted by atomic mass is 9.97. The van der Waals surface area contributed by atoms with Gasteiger partial charge in [-0.2, -0.15) is 0 Å². The topological polar surface area (TPSA) is 66.6 Å². The highest BCUT2D eigenvalue weighted by atomic mass is 32.2. The molecular formula is C35H55N3O2S. The van der Waals surface area contributed by atoms with E-state index in [2.05, 4.69) is 67.2 Å². The fraction of sp³-hybridized carbons (Fsp3) is 0.657. The Balaban J connectivity index is 1.52. The predicted molar refractivity (Wildman–Crippen MR) is 177 cm³/mol. The van der Waals surface area contributed by atoms with Crippen molar-refractivity contribution in [2.45, 2.75) is 127 Å². The smallest absolute Gasteiger partial charge is 0.234 e. The predicted octanol–water partition coefficient (Wildman–Crippen LogP) is 8.99. The lowest BCUT2D eigenvalue weighted by Gasteiger charge is -2.34. The van der Waals surface area contributed by atoms with Crippen LogP contribution in [-0.2, 0) is 9.59 Å². The highest BCUT2D eigenvalue weighted by Gasteiger charge is 2.38. The highest BCUT2D eigenvalue weighted by molar-refractivity contribution is 8.00. The molecule has 228 valence electrons. The molecule has 0 saturated carbocycles. The lowest BCUT2D eigenvalue weighted by molar-refractivity contribution is -0.131. The number of nitrogens with two attached hydrogens (primary N) is 1. The molecule has 0 bridgehead atoms. The first kappa shape index (κ1) is 33.3. The number of rotatable bonds is 21. The van der Waals surface area contributed by atoms with Gasteiger partial charge in [-0.3, -0.25) is 9.59 Å². The summed E-state index contributed by atoms with van der Waals surface area (Å²) in [4.78, 5) is 29.3. The molecule has 3 rings (SSSR count). The van der Waals surface area contributed by atoms with Crippen molar-refractivity contribution in [3.05, 3.63) is 42.0 Å². The number of carbonyl (C=O) groups is 2. The summed E-state index contributed by atoms with van der Waals surface area (Å²) >= 11 is 1.71. The van der Waals surface area contributed by atoms with E-state index in [0.717, 1.165) is 12.8 Å². The van der Waals surface area contributed by atoms with E-state index < -0.39 is 0 Å². The van der Waals surface area contributed by atoms with E-state index in [1.54, 1.807) is 11.8 Å². The summed E-state index contributed by atoms with van der Waals surface area (Å²) in [6.07, 6.45) is 20.5. The van der Waals surface area contributed by atoms with Crippen LogP contribution in [0.2, 0.25) is 0 Å². The van der Waals surface area contributed by atoms with Gasteiger partial charge in [0.2, 0.25) is 11.8 Å². The van der Waals surface area contributed by atoms with Gasteiger partial charge in [-0.1, -0.05) is 127 Å². The van der Waals surface area contributed by atoms with Crippen LogP contribution in [-0.4, -0.2) is 42.6 Å².